The highest BCUT2D eigenvalue weighted by atomic mass is 32.1. The fraction of sp³-hybridized carbons (Fsp3) is 0. The molecule has 14 heteroatoms. The van der Waals surface area contributed by atoms with E-state index in [0.29, 0.717) is 39.4 Å². The van der Waals surface area contributed by atoms with Crippen molar-refractivity contribution in [1.29, 1.82) is 0 Å². The second-order valence-corrected chi connectivity index (χ2v) is 15.1. The molecule has 11 rings (SSSR count). The summed E-state index contributed by atoms with van der Waals surface area (Å²) in [6.07, 6.45) is 0. The van der Waals surface area contributed by atoms with Gasteiger partial charge in [0.1, 0.15) is 22.2 Å². The summed E-state index contributed by atoms with van der Waals surface area (Å²) in [5.41, 5.74) is 3.30. The molecule has 286 valence electrons. The van der Waals surface area contributed by atoms with E-state index < -0.39 is 56.8 Å². The first-order valence-electron chi connectivity index (χ1n) is 18.1. The molecule has 0 atom stereocenters. The monoisotopic (exact) mass is 798 g/mol. The van der Waals surface area contributed by atoms with Gasteiger partial charge >= 0.3 is 0 Å². The number of phenols is 8. The van der Waals surface area contributed by atoms with Crippen molar-refractivity contribution < 1.29 is 45.3 Å². The molecule has 0 saturated carbocycles. The lowest BCUT2D eigenvalue weighted by molar-refractivity contribution is 0.350. The van der Waals surface area contributed by atoms with Crippen LogP contribution in [0.1, 0.15) is 0 Å². The number of nitrogens with zero attached hydrogens (tertiary/aromatic N) is 4. The molecule has 0 aliphatic heterocycles. The summed E-state index contributed by atoms with van der Waals surface area (Å²) in [5.74, 6) is -6.71. The Bertz CT molecular complexity index is 3540. The summed E-state index contributed by atoms with van der Waals surface area (Å²) in [7, 11) is 0. The van der Waals surface area contributed by atoms with Crippen LogP contribution in [0.5, 0.6) is 46.0 Å². The minimum absolute atomic E-state index is 0.288. The summed E-state index contributed by atoms with van der Waals surface area (Å²) < 4.78 is 8.94. The summed E-state index contributed by atoms with van der Waals surface area (Å²) in [6, 6.07) is 34.2. The number of hydrogen-bond acceptors (Lipinski definition) is 13. The fourth-order valence-electron chi connectivity index (χ4n) is 7.98. The Morgan fingerprint density at radius 3 is 1.61 bits per heavy atom. The Hall–Kier alpha value is -8.23. The first-order valence-corrected chi connectivity index (χ1v) is 18.9. The third kappa shape index (κ3) is 4.74. The van der Waals surface area contributed by atoms with E-state index >= 15 is 0 Å². The van der Waals surface area contributed by atoms with Crippen LogP contribution in [0, 0.1) is 0 Å². The molecule has 0 fully saturated rings. The molecule has 11 aromatic rings. The lowest BCUT2D eigenvalue weighted by Crippen LogP contribution is -2.00. The van der Waals surface area contributed by atoms with Gasteiger partial charge in [0.25, 0.3) is 0 Å². The molecule has 7 aromatic carbocycles. The van der Waals surface area contributed by atoms with Crippen LogP contribution in [-0.4, -0.2) is 60.4 Å². The highest BCUT2D eigenvalue weighted by Gasteiger charge is 2.32. The summed E-state index contributed by atoms with van der Waals surface area (Å²) >= 11 is 1.42. The number of hydrogen-bond donors (Lipinski definition) is 8. The molecule has 0 aliphatic carbocycles. The molecule has 0 spiro atoms. The lowest BCUT2D eigenvalue weighted by Gasteiger charge is -2.13. The van der Waals surface area contributed by atoms with Crippen LogP contribution < -0.4 is 0 Å². The summed E-state index contributed by atoms with van der Waals surface area (Å²) in [4.78, 5) is 14.8. The van der Waals surface area contributed by atoms with Gasteiger partial charge in [0.05, 0.1) is 16.5 Å². The first kappa shape index (κ1) is 34.1. The number of thiophene rings is 1. The topological polar surface area (TPSA) is 219 Å². The standard InChI is InChI=1S/C45H26N4O9S/c50-35-31-32-34(38(53)42(57)40(55)36(32)51)49(33(31)37(52)41(56)39(35)54)25-10-6-12-28-30(25)24-16-14-21(18-29(24)59-28)45-47-43(19-7-2-1-3-8-19)46-44(48-45)20-13-15-23-22-9-4-5-11-26(22)58-27(23)17-20/h1-18,50-57H. The van der Waals surface area contributed by atoms with Gasteiger partial charge in [-0.05, 0) is 36.4 Å². The van der Waals surface area contributed by atoms with E-state index in [-0.39, 0.29) is 16.7 Å². The second-order valence-electron chi connectivity index (χ2n) is 14.0. The van der Waals surface area contributed by atoms with Gasteiger partial charge in [-0.15, -0.1) is 11.3 Å². The number of aromatic hydroxyl groups is 8. The highest BCUT2D eigenvalue weighted by molar-refractivity contribution is 7.26. The lowest BCUT2D eigenvalue weighted by atomic mass is 10.1. The van der Waals surface area contributed by atoms with Gasteiger partial charge in [0.15, 0.2) is 40.5 Å². The van der Waals surface area contributed by atoms with Gasteiger partial charge in [-0.2, -0.15) is 0 Å². The van der Waals surface area contributed by atoms with E-state index in [0.717, 1.165) is 36.9 Å². The van der Waals surface area contributed by atoms with Crippen LogP contribution in [0.15, 0.2) is 114 Å². The van der Waals surface area contributed by atoms with Crippen molar-refractivity contribution in [2.45, 2.75) is 0 Å². The number of aromatic nitrogens is 4. The summed E-state index contributed by atoms with van der Waals surface area (Å²) in [5, 5.41) is 89.4. The minimum atomic E-state index is -1.10. The Morgan fingerprint density at radius 2 is 0.949 bits per heavy atom. The van der Waals surface area contributed by atoms with Crippen molar-refractivity contribution in [1.82, 2.24) is 19.5 Å². The second kappa shape index (κ2) is 12.1. The Balaban J connectivity index is 1.14. The molecule has 59 heavy (non-hydrogen) atoms. The van der Waals surface area contributed by atoms with E-state index in [9.17, 15) is 40.9 Å². The average Bonchev–Trinajstić information content (AvgIpc) is 3.96. The molecule has 0 radical (unpaired) electrons. The van der Waals surface area contributed by atoms with Gasteiger partial charge < -0.3 is 49.8 Å². The van der Waals surface area contributed by atoms with Gasteiger partial charge in [0, 0.05) is 47.6 Å². The van der Waals surface area contributed by atoms with E-state index in [1.807, 2.05) is 97.1 Å². The predicted molar refractivity (Wildman–Crippen MR) is 224 cm³/mol. The largest absolute Gasteiger partial charge is 0.504 e. The van der Waals surface area contributed by atoms with Crippen molar-refractivity contribution in [2.75, 3.05) is 0 Å². The van der Waals surface area contributed by atoms with Crippen LogP contribution in [0.2, 0.25) is 0 Å². The van der Waals surface area contributed by atoms with Crippen LogP contribution in [0.4, 0.5) is 0 Å². The highest BCUT2D eigenvalue weighted by Crippen LogP contribution is 2.59. The van der Waals surface area contributed by atoms with Gasteiger partial charge in [-0.1, -0.05) is 72.8 Å². The van der Waals surface area contributed by atoms with Crippen molar-refractivity contribution in [3.63, 3.8) is 0 Å². The average molecular weight is 799 g/mol. The number of fused-ring (bicyclic) bond motifs is 9. The van der Waals surface area contributed by atoms with Gasteiger partial charge in [0.2, 0.25) is 23.0 Å². The molecule has 8 N–H and O–H groups in total. The van der Waals surface area contributed by atoms with Crippen LogP contribution in [0.3, 0.4) is 0 Å². The smallest absolute Gasteiger partial charge is 0.206 e. The van der Waals surface area contributed by atoms with Crippen LogP contribution in [0.25, 0.3) is 104 Å². The zero-order valence-electron chi connectivity index (χ0n) is 30.1. The molecule has 0 aliphatic rings. The van der Waals surface area contributed by atoms with E-state index in [2.05, 4.69) is 0 Å². The minimum Gasteiger partial charge on any atom is -0.504 e. The van der Waals surface area contributed by atoms with Crippen LogP contribution >= 0.6 is 11.3 Å². The number of benzene rings is 7. The van der Waals surface area contributed by atoms with Gasteiger partial charge in [-0.25, -0.2) is 15.0 Å². The molecule has 4 aromatic heterocycles. The van der Waals surface area contributed by atoms with Crippen molar-refractivity contribution in [2.24, 2.45) is 0 Å². The summed E-state index contributed by atoms with van der Waals surface area (Å²) in [6.45, 7) is 0. The molecule has 4 heterocycles. The third-order valence-electron chi connectivity index (χ3n) is 10.7. The maximum absolute atomic E-state index is 11.3. The number of para-hydroxylation sites is 1. The number of furan rings is 1. The zero-order chi connectivity index (χ0) is 40.4. The van der Waals surface area contributed by atoms with Crippen molar-refractivity contribution >= 4 is 75.3 Å². The number of phenolic OH excluding ortho intramolecular Hbond substituents is 8. The quantitative estimate of drug-likeness (QED) is 0.0616. The predicted octanol–water partition coefficient (Wildman–Crippen LogP) is 9.88. The van der Waals surface area contributed by atoms with E-state index in [1.54, 1.807) is 12.1 Å². The molecular formula is C45H26N4O9S. The first-order chi connectivity index (χ1) is 28.6. The van der Waals surface area contributed by atoms with Crippen molar-refractivity contribution in [3.8, 4) is 85.8 Å². The molecule has 0 amide bonds. The Kier molecular flexibility index (Phi) is 7.00. The van der Waals surface area contributed by atoms with E-state index in [1.165, 1.54) is 15.9 Å². The third-order valence-corrected chi connectivity index (χ3v) is 11.8. The van der Waals surface area contributed by atoms with Crippen LogP contribution in [-0.2, 0) is 0 Å². The fourth-order valence-corrected chi connectivity index (χ4v) is 9.15. The Morgan fingerprint density at radius 1 is 0.407 bits per heavy atom. The molecule has 13 nitrogen and oxygen atoms in total. The zero-order valence-corrected chi connectivity index (χ0v) is 30.9. The molecule has 0 saturated heterocycles. The number of rotatable bonds is 4. The molecular weight excluding hydrogens is 773 g/mol. The van der Waals surface area contributed by atoms with E-state index in [4.69, 9.17) is 19.4 Å². The maximum atomic E-state index is 11.3. The normalized spacial score (nSPS) is 11.9. The van der Waals surface area contributed by atoms with Gasteiger partial charge in [-0.3, -0.25) is 0 Å². The Labute approximate surface area is 334 Å². The van der Waals surface area contributed by atoms with Crippen molar-refractivity contribution in [3.05, 3.63) is 109 Å². The molecule has 0 bridgehead atoms. The maximum Gasteiger partial charge on any atom is 0.206 e. The molecule has 0 unspecified atom stereocenters. The SMILES string of the molecule is Oc1c(O)c(O)c2c(c1O)c1c(O)c(O)c(O)c(O)c1n2-c1cccc2sc3cc(-c4nc(-c5ccccc5)nc(-c5ccc6c(c5)oc5ccccc56)n4)ccc3c12.